The Labute approximate surface area is 153 Å². The van der Waals surface area contributed by atoms with Gasteiger partial charge >= 0.3 is 0 Å². The van der Waals surface area contributed by atoms with E-state index in [1.54, 1.807) is 12.8 Å². The van der Waals surface area contributed by atoms with Gasteiger partial charge in [-0.15, -0.1) is 0 Å². The van der Waals surface area contributed by atoms with Crippen molar-refractivity contribution >= 4 is 0 Å². The maximum Gasteiger partial charge on any atom is -0.0233 e. The van der Waals surface area contributed by atoms with Crippen LogP contribution in [-0.2, 0) is 0 Å². The second kappa shape index (κ2) is 9.09. The maximum atomic E-state index is 2.56. The number of unbranched alkanes of at least 4 members (excludes halogenated alkanes) is 1. The molecule has 2 saturated carbocycles. The van der Waals surface area contributed by atoms with Crippen molar-refractivity contribution in [2.24, 2.45) is 40.9 Å². The van der Waals surface area contributed by atoms with Gasteiger partial charge in [0.15, 0.2) is 0 Å². The Hall–Kier alpha value is 0. The average molecular weight is 335 g/mol. The lowest BCUT2D eigenvalue weighted by Gasteiger charge is -2.50. The minimum atomic E-state index is 0.822. The van der Waals surface area contributed by atoms with Crippen LogP contribution in [0.4, 0.5) is 0 Å². The van der Waals surface area contributed by atoms with Gasteiger partial charge in [-0.1, -0.05) is 99.3 Å². The molecule has 2 fully saturated rings. The Balaban J connectivity index is 1.63. The Morgan fingerprint density at radius 2 is 1.54 bits per heavy atom. The van der Waals surface area contributed by atoms with E-state index >= 15 is 0 Å². The van der Waals surface area contributed by atoms with Gasteiger partial charge in [-0.2, -0.15) is 0 Å². The van der Waals surface area contributed by atoms with E-state index in [2.05, 4.69) is 41.5 Å². The summed E-state index contributed by atoms with van der Waals surface area (Å²) in [4.78, 5) is 0. The highest BCUT2D eigenvalue weighted by molar-refractivity contribution is 5.14. The fourth-order valence-corrected chi connectivity index (χ4v) is 6.08. The van der Waals surface area contributed by atoms with Crippen LogP contribution in [0, 0.1) is 40.9 Å². The van der Waals surface area contributed by atoms with Crippen molar-refractivity contribution in [3.05, 3.63) is 0 Å². The fourth-order valence-electron chi connectivity index (χ4n) is 6.08. The van der Waals surface area contributed by atoms with Crippen molar-refractivity contribution < 1.29 is 0 Å². The van der Waals surface area contributed by atoms with E-state index in [1.165, 1.54) is 57.8 Å². The number of rotatable bonds is 12. The van der Waals surface area contributed by atoms with E-state index in [4.69, 9.17) is 0 Å². The summed E-state index contributed by atoms with van der Waals surface area (Å²) in [5.41, 5.74) is 0.822. The predicted molar refractivity (Wildman–Crippen MR) is 108 cm³/mol. The van der Waals surface area contributed by atoms with Crippen LogP contribution in [0.15, 0.2) is 0 Å². The van der Waals surface area contributed by atoms with Crippen molar-refractivity contribution in [1.82, 2.24) is 0 Å². The highest BCUT2D eigenvalue weighted by Gasteiger charge is 2.66. The van der Waals surface area contributed by atoms with Crippen LogP contribution in [0.5, 0.6) is 0 Å². The normalized spacial score (nSPS) is 35.5. The molecule has 0 aromatic heterocycles. The van der Waals surface area contributed by atoms with Crippen molar-refractivity contribution in [1.29, 1.82) is 0 Å². The van der Waals surface area contributed by atoms with E-state index in [0.717, 1.165) is 40.9 Å². The fraction of sp³-hybridized carbons (Fsp3) is 1.00. The zero-order chi connectivity index (χ0) is 17.7. The molecule has 0 aromatic carbocycles. The van der Waals surface area contributed by atoms with Gasteiger partial charge in [0, 0.05) is 0 Å². The average Bonchev–Trinajstić information content (AvgIpc) is 3.20. The van der Waals surface area contributed by atoms with Gasteiger partial charge in [-0.25, -0.2) is 0 Å². The zero-order valence-corrected chi connectivity index (χ0v) is 17.7. The molecule has 2 aliphatic rings. The van der Waals surface area contributed by atoms with Crippen LogP contribution < -0.4 is 0 Å². The van der Waals surface area contributed by atoms with Crippen LogP contribution in [-0.4, -0.2) is 0 Å². The summed E-state index contributed by atoms with van der Waals surface area (Å²) in [5.74, 6) is 6.05. The monoisotopic (exact) mass is 334 g/mol. The summed E-state index contributed by atoms with van der Waals surface area (Å²) >= 11 is 0. The van der Waals surface area contributed by atoms with Crippen molar-refractivity contribution in [2.45, 2.75) is 112 Å². The standard InChI is InChI=1S/C24H46/c1-7-11-20(5)23-22(17-24(23)16-21(24)6)13-10-9-12-19(4)15-14-18(3)8-2/h18-23H,7-17H2,1-6H3. The topological polar surface area (TPSA) is 0 Å². The summed E-state index contributed by atoms with van der Waals surface area (Å²) in [7, 11) is 0. The van der Waals surface area contributed by atoms with Gasteiger partial charge < -0.3 is 0 Å². The molecule has 0 radical (unpaired) electrons. The molecule has 7 unspecified atom stereocenters. The smallest absolute Gasteiger partial charge is 0.0233 e. The number of hydrogen-bond acceptors (Lipinski definition) is 0. The largest absolute Gasteiger partial charge is 0.0654 e. The summed E-state index contributed by atoms with van der Waals surface area (Å²) in [6.07, 6.45) is 16.2. The molecular formula is C24H46. The van der Waals surface area contributed by atoms with Crippen LogP contribution in [0.25, 0.3) is 0 Å². The van der Waals surface area contributed by atoms with Crippen molar-refractivity contribution in [3.8, 4) is 0 Å². The molecule has 7 atom stereocenters. The quantitative estimate of drug-likeness (QED) is 0.316. The first-order valence-corrected chi connectivity index (χ1v) is 11.4. The minimum absolute atomic E-state index is 0.822. The summed E-state index contributed by atoms with van der Waals surface area (Å²) in [6.45, 7) is 14.7. The second-order valence-electron chi connectivity index (χ2n) is 10.1. The van der Waals surface area contributed by atoms with Crippen molar-refractivity contribution in [3.63, 3.8) is 0 Å². The Bertz CT molecular complexity index is 359. The van der Waals surface area contributed by atoms with Crippen molar-refractivity contribution in [2.75, 3.05) is 0 Å². The van der Waals surface area contributed by atoms with Gasteiger partial charge in [0.1, 0.15) is 0 Å². The molecule has 0 bridgehead atoms. The van der Waals surface area contributed by atoms with Gasteiger partial charge in [-0.05, 0) is 53.8 Å². The highest BCUT2D eigenvalue weighted by Crippen LogP contribution is 2.73. The molecule has 0 saturated heterocycles. The van der Waals surface area contributed by atoms with Gasteiger partial charge in [0.25, 0.3) is 0 Å². The van der Waals surface area contributed by atoms with E-state index < -0.39 is 0 Å². The third kappa shape index (κ3) is 4.79. The van der Waals surface area contributed by atoms with E-state index in [-0.39, 0.29) is 0 Å². The molecular weight excluding hydrogens is 288 g/mol. The SMILES string of the molecule is CCCC(C)C1C(CCCCC(C)CCC(C)CC)CC12CC2C. The first-order chi connectivity index (χ1) is 11.4. The molecule has 0 heteroatoms. The maximum absolute atomic E-state index is 2.56. The Morgan fingerprint density at radius 1 is 0.875 bits per heavy atom. The lowest BCUT2D eigenvalue weighted by molar-refractivity contribution is -0.0175. The molecule has 2 aliphatic carbocycles. The first kappa shape index (κ1) is 20.3. The minimum Gasteiger partial charge on any atom is -0.0654 e. The van der Waals surface area contributed by atoms with E-state index in [1.807, 2.05) is 0 Å². The van der Waals surface area contributed by atoms with Gasteiger partial charge in [0.2, 0.25) is 0 Å². The lowest BCUT2D eigenvalue weighted by atomic mass is 9.54. The molecule has 0 N–H and O–H groups in total. The van der Waals surface area contributed by atoms with E-state index in [0.29, 0.717) is 0 Å². The molecule has 0 aromatic rings. The first-order valence-electron chi connectivity index (χ1n) is 11.4. The molecule has 0 amide bonds. The predicted octanol–water partition coefficient (Wildman–Crippen LogP) is 8.11. The zero-order valence-electron chi connectivity index (χ0n) is 17.7. The molecule has 142 valence electrons. The molecule has 24 heavy (non-hydrogen) atoms. The van der Waals surface area contributed by atoms with E-state index in [9.17, 15) is 0 Å². The lowest BCUT2D eigenvalue weighted by Crippen LogP contribution is -2.43. The highest BCUT2D eigenvalue weighted by atomic mass is 14.7. The molecule has 0 heterocycles. The Kier molecular flexibility index (Phi) is 7.69. The van der Waals surface area contributed by atoms with Crippen LogP contribution in [0.1, 0.15) is 112 Å². The van der Waals surface area contributed by atoms with Crippen LogP contribution in [0.2, 0.25) is 0 Å². The van der Waals surface area contributed by atoms with Crippen LogP contribution in [0.3, 0.4) is 0 Å². The molecule has 2 rings (SSSR count). The van der Waals surface area contributed by atoms with Gasteiger partial charge in [-0.3, -0.25) is 0 Å². The van der Waals surface area contributed by atoms with Gasteiger partial charge in [0.05, 0.1) is 0 Å². The third-order valence-corrected chi connectivity index (χ3v) is 8.05. The molecule has 1 spiro atoms. The summed E-state index contributed by atoms with van der Waals surface area (Å²) < 4.78 is 0. The summed E-state index contributed by atoms with van der Waals surface area (Å²) in [5, 5.41) is 0. The summed E-state index contributed by atoms with van der Waals surface area (Å²) in [6, 6.07) is 0. The number of hydrogen-bond donors (Lipinski definition) is 0. The van der Waals surface area contributed by atoms with Crippen LogP contribution >= 0.6 is 0 Å². The second-order valence-corrected chi connectivity index (χ2v) is 10.1. The molecule has 0 nitrogen and oxygen atoms in total. The molecule has 0 aliphatic heterocycles. The Morgan fingerprint density at radius 3 is 2.12 bits per heavy atom. The third-order valence-electron chi connectivity index (χ3n) is 8.05.